The van der Waals surface area contributed by atoms with E-state index in [1.54, 1.807) is 43.4 Å². The monoisotopic (exact) mass is 355 g/mol. The Labute approximate surface area is 152 Å². The SMILES string of the molecule is COC(=O)c1ccc2c(c1)CCN2C(=O)Cc1ccc(OC)c(OC)c1. The van der Waals surface area contributed by atoms with Gasteiger partial charge in [0.25, 0.3) is 0 Å². The first-order valence-electron chi connectivity index (χ1n) is 8.30. The first-order chi connectivity index (χ1) is 12.6. The van der Waals surface area contributed by atoms with Gasteiger partial charge in [0.2, 0.25) is 5.91 Å². The molecular weight excluding hydrogens is 334 g/mol. The van der Waals surface area contributed by atoms with Gasteiger partial charge in [-0.25, -0.2) is 4.79 Å². The minimum Gasteiger partial charge on any atom is -0.493 e. The van der Waals surface area contributed by atoms with Gasteiger partial charge in [-0.3, -0.25) is 4.79 Å². The Morgan fingerprint density at radius 3 is 2.46 bits per heavy atom. The molecule has 1 aliphatic heterocycles. The van der Waals surface area contributed by atoms with Crippen molar-refractivity contribution in [3.8, 4) is 11.5 Å². The number of carbonyl (C=O) groups excluding carboxylic acids is 2. The molecule has 6 heteroatoms. The average Bonchev–Trinajstić information content (AvgIpc) is 3.10. The molecular formula is C20H21NO5. The number of esters is 1. The van der Waals surface area contributed by atoms with Crippen molar-refractivity contribution in [2.75, 3.05) is 32.8 Å². The van der Waals surface area contributed by atoms with E-state index < -0.39 is 0 Å². The number of methoxy groups -OCH3 is 3. The molecule has 26 heavy (non-hydrogen) atoms. The minimum absolute atomic E-state index is 0.00166. The maximum absolute atomic E-state index is 12.8. The third-order valence-electron chi connectivity index (χ3n) is 4.50. The molecule has 0 N–H and O–H groups in total. The van der Waals surface area contributed by atoms with Crippen molar-refractivity contribution in [2.45, 2.75) is 12.8 Å². The first-order valence-corrected chi connectivity index (χ1v) is 8.30. The Bertz CT molecular complexity index is 846. The lowest BCUT2D eigenvalue weighted by Gasteiger charge is -2.18. The van der Waals surface area contributed by atoms with Gasteiger partial charge >= 0.3 is 5.97 Å². The van der Waals surface area contributed by atoms with Gasteiger partial charge in [-0.1, -0.05) is 6.07 Å². The van der Waals surface area contributed by atoms with Gasteiger partial charge in [0.15, 0.2) is 11.5 Å². The Morgan fingerprint density at radius 2 is 1.77 bits per heavy atom. The van der Waals surface area contributed by atoms with Crippen LogP contribution in [0.5, 0.6) is 11.5 Å². The molecule has 1 heterocycles. The fourth-order valence-electron chi connectivity index (χ4n) is 3.17. The number of hydrogen-bond donors (Lipinski definition) is 0. The molecule has 1 amide bonds. The molecule has 0 bridgehead atoms. The molecule has 0 aromatic heterocycles. The third-order valence-corrected chi connectivity index (χ3v) is 4.50. The molecule has 0 unspecified atom stereocenters. The van der Waals surface area contributed by atoms with E-state index in [1.807, 2.05) is 12.1 Å². The van der Waals surface area contributed by atoms with E-state index in [1.165, 1.54) is 7.11 Å². The molecule has 0 radical (unpaired) electrons. The summed E-state index contributed by atoms with van der Waals surface area (Å²) in [6, 6.07) is 10.8. The van der Waals surface area contributed by atoms with E-state index in [0.717, 1.165) is 23.2 Å². The van der Waals surface area contributed by atoms with Crippen molar-refractivity contribution >= 4 is 17.6 Å². The van der Waals surface area contributed by atoms with Crippen LogP contribution in [0.2, 0.25) is 0 Å². The summed E-state index contributed by atoms with van der Waals surface area (Å²) < 4.78 is 15.3. The highest BCUT2D eigenvalue weighted by atomic mass is 16.5. The third kappa shape index (κ3) is 3.35. The predicted molar refractivity (Wildman–Crippen MR) is 97.1 cm³/mol. The number of fused-ring (bicyclic) bond motifs is 1. The fourth-order valence-corrected chi connectivity index (χ4v) is 3.17. The van der Waals surface area contributed by atoms with Crippen LogP contribution in [-0.2, 0) is 22.4 Å². The second-order valence-electron chi connectivity index (χ2n) is 6.00. The Balaban J connectivity index is 1.78. The van der Waals surface area contributed by atoms with Gasteiger partial charge in [-0.15, -0.1) is 0 Å². The molecule has 0 saturated carbocycles. The molecule has 0 atom stereocenters. The second kappa shape index (κ2) is 7.47. The first kappa shape index (κ1) is 17.8. The average molecular weight is 355 g/mol. The second-order valence-corrected chi connectivity index (χ2v) is 6.00. The highest BCUT2D eigenvalue weighted by Gasteiger charge is 2.26. The largest absolute Gasteiger partial charge is 0.493 e. The van der Waals surface area contributed by atoms with Gasteiger partial charge < -0.3 is 19.1 Å². The molecule has 0 spiro atoms. The summed E-state index contributed by atoms with van der Waals surface area (Å²) in [7, 11) is 4.50. The number of ether oxygens (including phenoxy) is 3. The summed E-state index contributed by atoms with van der Waals surface area (Å²) in [6.45, 7) is 0.603. The highest BCUT2D eigenvalue weighted by molar-refractivity contribution is 5.98. The van der Waals surface area contributed by atoms with Crippen molar-refractivity contribution in [3.05, 3.63) is 53.1 Å². The molecule has 0 fully saturated rings. The van der Waals surface area contributed by atoms with Crippen LogP contribution < -0.4 is 14.4 Å². The number of nitrogens with zero attached hydrogens (tertiary/aromatic N) is 1. The van der Waals surface area contributed by atoms with Crippen molar-refractivity contribution in [3.63, 3.8) is 0 Å². The van der Waals surface area contributed by atoms with E-state index in [9.17, 15) is 9.59 Å². The highest BCUT2D eigenvalue weighted by Crippen LogP contribution is 2.31. The number of benzene rings is 2. The topological polar surface area (TPSA) is 65.1 Å². The van der Waals surface area contributed by atoms with Gasteiger partial charge in [-0.05, 0) is 47.9 Å². The van der Waals surface area contributed by atoms with Crippen molar-refractivity contribution < 1.29 is 23.8 Å². The smallest absolute Gasteiger partial charge is 0.337 e. The van der Waals surface area contributed by atoms with Crippen LogP contribution in [0.15, 0.2) is 36.4 Å². The zero-order chi connectivity index (χ0) is 18.7. The van der Waals surface area contributed by atoms with Crippen LogP contribution in [0.25, 0.3) is 0 Å². The zero-order valence-electron chi connectivity index (χ0n) is 15.1. The van der Waals surface area contributed by atoms with Crippen molar-refractivity contribution in [1.82, 2.24) is 0 Å². The summed E-state index contributed by atoms with van der Waals surface area (Å²) in [5.41, 5.74) is 3.18. The molecule has 0 aliphatic carbocycles. The lowest BCUT2D eigenvalue weighted by molar-refractivity contribution is -0.117. The Kier molecular flexibility index (Phi) is 5.11. The van der Waals surface area contributed by atoms with Gasteiger partial charge in [-0.2, -0.15) is 0 Å². The lowest BCUT2D eigenvalue weighted by Crippen LogP contribution is -2.30. The lowest BCUT2D eigenvalue weighted by atomic mass is 10.1. The zero-order valence-corrected chi connectivity index (χ0v) is 15.1. The summed E-state index contributed by atoms with van der Waals surface area (Å²) >= 11 is 0. The van der Waals surface area contributed by atoms with E-state index in [4.69, 9.17) is 14.2 Å². The normalized spacial score (nSPS) is 12.5. The van der Waals surface area contributed by atoms with Crippen LogP contribution in [0.4, 0.5) is 5.69 Å². The van der Waals surface area contributed by atoms with E-state index in [-0.39, 0.29) is 18.3 Å². The quantitative estimate of drug-likeness (QED) is 0.772. The Hall–Kier alpha value is -3.02. The summed E-state index contributed by atoms with van der Waals surface area (Å²) in [5.74, 6) is 0.859. The fraction of sp³-hybridized carbons (Fsp3) is 0.300. The maximum Gasteiger partial charge on any atom is 0.337 e. The van der Waals surface area contributed by atoms with Crippen LogP contribution >= 0.6 is 0 Å². The van der Waals surface area contributed by atoms with Crippen LogP contribution in [0.3, 0.4) is 0 Å². The number of anilines is 1. The van der Waals surface area contributed by atoms with E-state index >= 15 is 0 Å². The van der Waals surface area contributed by atoms with Gasteiger partial charge in [0.05, 0.1) is 33.3 Å². The molecule has 6 nitrogen and oxygen atoms in total. The minimum atomic E-state index is -0.372. The van der Waals surface area contributed by atoms with Crippen LogP contribution in [0.1, 0.15) is 21.5 Å². The van der Waals surface area contributed by atoms with Crippen molar-refractivity contribution in [2.24, 2.45) is 0 Å². The molecule has 3 rings (SSSR count). The molecule has 136 valence electrons. The van der Waals surface area contributed by atoms with Crippen molar-refractivity contribution in [1.29, 1.82) is 0 Å². The Morgan fingerprint density at radius 1 is 1.00 bits per heavy atom. The van der Waals surface area contributed by atoms with E-state index in [0.29, 0.717) is 23.6 Å². The number of amides is 1. The van der Waals surface area contributed by atoms with Gasteiger partial charge in [0, 0.05) is 12.2 Å². The number of rotatable bonds is 5. The maximum atomic E-state index is 12.8. The summed E-state index contributed by atoms with van der Waals surface area (Å²) in [4.78, 5) is 26.2. The van der Waals surface area contributed by atoms with E-state index in [2.05, 4.69) is 0 Å². The number of hydrogen-bond acceptors (Lipinski definition) is 5. The van der Waals surface area contributed by atoms with Crippen LogP contribution in [-0.4, -0.2) is 39.8 Å². The molecule has 2 aromatic rings. The molecule has 1 aliphatic rings. The van der Waals surface area contributed by atoms with Crippen LogP contribution in [0, 0.1) is 0 Å². The van der Waals surface area contributed by atoms with Gasteiger partial charge in [0.1, 0.15) is 0 Å². The molecule has 2 aromatic carbocycles. The number of carbonyl (C=O) groups is 2. The standard InChI is InChI=1S/C20H21NO5/c1-24-17-7-4-13(10-18(17)25-2)11-19(22)21-9-8-14-12-15(20(23)26-3)5-6-16(14)21/h4-7,10,12H,8-9,11H2,1-3H3. The summed E-state index contributed by atoms with van der Waals surface area (Å²) in [6.07, 6.45) is 0.983. The molecule has 0 saturated heterocycles. The summed E-state index contributed by atoms with van der Waals surface area (Å²) in [5, 5.41) is 0. The predicted octanol–water partition coefficient (Wildman–Crippen LogP) is 2.62.